The SMILES string of the molecule is C=CCn1ncc(NCC(C)(C)CCCCC)c(Cl)c1=O. The van der Waals surface area contributed by atoms with Gasteiger partial charge in [0.15, 0.2) is 0 Å². The van der Waals surface area contributed by atoms with Crippen LogP contribution in [0.2, 0.25) is 5.02 Å². The molecule has 0 spiro atoms. The highest BCUT2D eigenvalue weighted by molar-refractivity contribution is 6.32. The summed E-state index contributed by atoms with van der Waals surface area (Å²) in [4.78, 5) is 12.0. The van der Waals surface area contributed by atoms with Gasteiger partial charge in [0, 0.05) is 6.54 Å². The second-order valence-electron chi connectivity index (χ2n) is 6.12. The fourth-order valence-corrected chi connectivity index (χ4v) is 2.33. The summed E-state index contributed by atoms with van der Waals surface area (Å²) in [6.45, 7) is 11.4. The fraction of sp³-hybridized carbons (Fsp3) is 0.625. The van der Waals surface area contributed by atoms with Crippen molar-refractivity contribution in [3.05, 3.63) is 34.2 Å². The van der Waals surface area contributed by atoms with E-state index in [0.29, 0.717) is 12.2 Å². The van der Waals surface area contributed by atoms with Crippen molar-refractivity contribution < 1.29 is 0 Å². The Kier molecular flexibility index (Phi) is 6.96. The summed E-state index contributed by atoms with van der Waals surface area (Å²) in [6.07, 6.45) is 8.07. The number of nitrogens with zero attached hydrogens (tertiary/aromatic N) is 2. The van der Waals surface area contributed by atoms with Gasteiger partial charge < -0.3 is 5.32 Å². The Bertz CT molecular complexity index is 523. The molecule has 0 amide bonds. The van der Waals surface area contributed by atoms with Crippen molar-refractivity contribution in [2.24, 2.45) is 5.41 Å². The van der Waals surface area contributed by atoms with Crippen LogP contribution in [-0.4, -0.2) is 16.3 Å². The minimum absolute atomic E-state index is 0.161. The van der Waals surface area contributed by atoms with Crippen molar-refractivity contribution in [2.75, 3.05) is 11.9 Å². The maximum absolute atomic E-state index is 12.0. The normalized spacial score (nSPS) is 11.4. The Morgan fingerprint density at radius 2 is 2.19 bits per heavy atom. The van der Waals surface area contributed by atoms with Gasteiger partial charge in [0.05, 0.1) is 18.4 Å². The number of anilines is 1. The van der Waals surface area contributed by atoms with Gasteiger partial charge in [0.1, 0.15) is 5.02 Å². The summed E-state index contributed by atoms with van der Waals surface area (Å²) in [5.41, 5.74) is 0.477. The summed E-state index contributed by atoms with van der Waals surface area (Å²) in [5, 5.41) is 7.54. The second-order valence-corrected chi connectivity index (χ2v) is 6.50. The molecule has 0 aromatic carbocycles. The summed E-state index contributed by atoms with van der Waals surface area (Å²) in [7, 11) is 0. The van der Waals surface area contributed by atoms with Gasteiger partial charge >= 0.3 is 0 Å². The van der Waals surface area contributed by atoms with E-state index in [1.807, 2.05) is 0 Å². The summed E-state index contributed by atoms with van der Waals surface area (Å²) < 4.78 is 1.30. The van der Waals surface area contributed by atoms with Gasteiger partial charge in [0.2, 0.25) is 0 Å². The van der Waals surface area contributed by atoms with Gasteiger partial charge in [-0.2, -0.15) is 5.10 Å². The monoisotopic (exact) mass is 311 g/mol. The number of allylic oxidation sites excluding steroid dienone is 1. The highest BCUT2D eigenvalue weighted by Crippen LogP contribution is 2.25. The quantitative estimate of drug-likeness (QED) is 0.551. The molecule has 21 heavy (non-hydrogen) atoms. The van der Waals surface area contributed by atoms with Crippen molar-refractivity contribution in [3.63, 3.8) is 0 Å². The molecule has 1 heterocycles. The third-order valence-corrected chi connectivity index (χ3v) is 3.87. The van der Waals surface area contributed by atoms with Gasteiger partial charge in [-0.3, -0.25) is 4.79 Å². The van der Waals surface area contributed by atoms with Gasteiger partial charge in [-0.25, -0.2) is 4.68 Å². The van der Waals surface area contributed by atoms with Crippen LogP contribution in [0.15, 0.2) is 23.6 Å². The maximum atomic E-state index is 12.0. The standard InChI is InChI=1S/C16H26ClN3O/c1-5-7-8-9-16(3,4)12-18-13-11-19-20(10-6-2)15(21)14(13)17/h6,11,18H,2,5,7-10,12H2,1,3-4H3. The molecule has 4 nitrogen and oxygen atoms in total. The highest BCUT2D eigenvalue weighted by atomic mass is 35.5. The zero-order chi connectivity index (χ0) is 15.9. The topological polar surface area (TPSA) is 46.9 Å². The van der Waals surface area contributed by atoms with Crippen molar-refractivity contribution in [2.45, 2.75) is 53.0 Å². The van der Waals surface area contributed by atoms with Crippen LogP contribution < -0.4 is 10.9 Å². The number of hydrogen-bond donors (Lipinski definition) is 1. The number of unbranched alkanes of at least 4 members (excludes halogenated alkanes) is 2. The number of aromatic nitrogens is 2. The molecule has 1 aromatic rings. The minimum Gasteiger partial charge on any atom is -0.382 e. The average Bonchev–Trinajstić information content (AvgIpc) is 2.43. The van der Waals surface area contributed by atoms with E-state index in [4.69, 9.17) is 11.6 Å². The minimum atomic E-state index is -0.287. The van der Waals surface area contributed by atoms with Gasteiger partial charge in [0.25, 0.3) is 5.56 Å². The molecule has 0 saturated carbocycles. The summed E-state index contributed by atoms with van der Waals surface area (Å²) in [5.74, 6) is 0. The Morgan fingerprint density at radius 1 is 1.48 bits per heavy atom. The number of nitrogens with one attached hydrogen (secondary N) is 1. The van der Waals surface area contributed by atoms with Crippen LogP contribution in [0.25, 0.3) is 0 Å². The van der Waals surface area contributed by atoms with Gasteiger partial charge in [-0.15, -0.1) is 6.58 Å². The summed E-state index contributed by atoms with van der Waals surface area (Å²) >= 11 is 6.12. The average molecular weight is 312 g/mol. The van der Waals surface area contributed by atoms with Crippen LogP contribution in [0.1, 0.15) is 46.5 Å². The van der Waals surface area contributed by atoms with E-state index in [-0.39, 0.29) is 16.0 Å². The van der Waals surface area contributed by atoms with E-state index in [2.05, 4.69) is 37.8 Å². The maximum Gasteiger partial charge on any atom is 0.287 e. The molecular weight excluding hydrogens is 286 g/mol. The van der Waals surface area contributed by atoms with Crippen molar-refractivity contribution in [1.82, 2.24) is 9.78 Å². The predicted molar refractivity (Wildman–Crippen MR) is 90.1 cm³/mol. The van der Waals surface area contributed by atoms with Crippen LogP contribution in [0.3, 0.4) is 0 Å². The first-order valence-corrected chi connectivity index (χ1v) is 7.89. The van der Waals surface area contributed by atoms with Crippen LogP contribution in [-0.2, 0) is 6.54 Å². The zero-order valence-electron chi connectivity index (χ0n) is 13.3. The molecule has 0 saturated heterocycles. The Labute approximate surface area is 132 Å². The van der Waals surface area contributed by atoms with E-state index < -0.39 is 0 Å². The van der Waals surface area contributed by atoms with E-state index in [0.717, 1.165) is 13.0 Å². The smallest absolute Gasteiger partial charge is 0.287 e. The molecule has 118 valence electrons. The first-order valence-electron chi connectivity index (χ1n) is 7.51. The number of rotatable bonds is 9. The zero-order valence-corrected chi connectivity index (χ0v) is 14.0. The van der Waals surface area contributed by atoms with Gasteiger partial charge in [-0.05, 0) is 11.8 Å². The molecule has 1 aromatic heterocycles. The Hall–Kier alpha value is -1.29. The summed E-state index contributed by atoms with van der Waals surface area (Å²) in [6, 6.07) is 0. The fourth-order valence-electron chi connectivity index (χ4n) is 2.12. The number of halogens is 1. The molecule has 1 N–H and O–H groups in total. The molecule has 5 heteroatoms. The first-order chi connectivity index (χ1) is 9.91. The van der Waals surface area contributed by atoms with E-state index in [1.165, 1.54) is 23.9 Å². The lowest BCUT2D eigenvalue weighted by Crippen LogP contribution is -2.27. The van der Waals surface area contributed by atoms with E-state index in [9.17, 15) is 4.79 Å². The molecule has 0 unspecified atom stereocenters. The third-order valence-electron chi connectivity index (χ3n) is 3.50. The van der Waals surface area contributed by atoms with Crippen molar-refractivity contribution >= 4 is 17.3 Å². The predicted octanol–water partition coefficient (Wildman–Crippen LogP) is 4.10. The molecular formula is C16H26ClN3O. The molecule has 0 fully saturated rings. The molecule has 0 atom stereocenters. The van der Waals surface area contributed by atoms with E-state index in [1.54, 1.807) is 12.3 Å². The molecule has 0 radical (unpaired) electrons. The largest absolute Gasteiger partial charge is 0.382 e. The molecule has 0 aliphatic heterocycles. The Balaban J connectivity index is 2.69. The van der Waals surface area contributed by atoms with Crippen molar-refractivity contribution in [3.8, 4) is 0 Å². The van der Waals surface area contributed by atoms with Crippen LogP contribution in [0, 0.1) is 5.41 Å². The highest BCUT2D eigenvalue weighted by Gasteiger charge is 2.18. The Morgan fingerprint density at radius 3 is 2.81 bits per heavy atom. The van der Waals surface area contributed by atoms with Gasteiger partial charge in [-0.1, -0.05) is 57.7 Å². The number of hydrogen-bond acceptors (Lipinski definition) is 3. The molecule has 0 aliphatic carbocycles. The molecule has 1 rings (SSSR count). The van der Waals surface area contributed by atoms with Crippen LogP contribution in [0.5, 0.6) is 0 Å². The van der Waals surface area contributed by atoms with Crippen LogP contribution >= 0.6 is 11.6 Å². The third kappa shape index (κ3) is 5.54. The molecule has 0 aliphatic rings. The lowest BCUT2D eigenvalue weighted by atomic mass is 9.87. The van der Waals surface area contributed by atoms with Crippen molar-refractivity contribution in [1.29, 1.82) is 0 Å². The molecule has 0 bridgehead atoms. The second kappa shape index (κ2) is 8.23. The van der Waals surface area contributed by atoms with E-state index >= 15 is 0 Å². The first kappa shape index (κ1) is 17.8. The lowest BCUT2D eigenvalue weighted by Gasteiger charge is -2.25. The van der Waals surface area contributed by atoms with Crippen LogP contribution in [0.4, 0.5) is 5.69 Å². The lowest BCUT2D eigenvalue weighted by molar-refractivity contribution is 0.342.